The summed E-state index contributed by atoms with van der Waals surface area (Å²) in [6, 6.07) is 13.8. The molecule has 1 fully saturated rings. The Morgan fingerprint density at radius 1 is 1.20 bits per heavy atom. The number of carbonyl (C=O) groups excluding carboxylic acids is 1. The maximum Gasteiger partial charge on any atom is 0.413 e. The van der Waals surface area contributed by atoms with Crippen molar-refractivity contribution in [2.24, 2.45) is 7.05 Å². The van der Waals surface area contributed by atoms with Gasteiger partial charge >= 0.3 is 6.09 Å². The number of aryl methyl sites for hydroxylation is 1. The number of nitrogens with zero attached hydrogens (tertiary/aromatic N) is 5. The topological polar surface area (TPSA) is 111 Å². The molecular weight excluding hydrogens is 482 g/mol. The first-order valence-electron chi connectivity index (χ1n) is 10.9. The van der Waals surface area contributed by atoms with Crippen LogP contribution in [-0.4, -0.2) is 36.5 Å². The summed E-state index contributed by atoms with van der Waals surface area (Å²) in [7, 11) is 1.75. The number of benzene rings is 1. The fourth-order valence-corrected chi connectivity index (χ4v) is 6.36. The molecule has 0 atom stereocenters. The molecule has 0 aliphatic heterocycles. The number of rotatable bonds is 5. The van der Waals surface area contributed by atoms with Gasteiger partial charge in [-0.15, -0.1) is 32.9 Å². The van der Waals surface area contributed by atoms with E-state index < -0.39 is 6.09 Å². The van der Waals surface area contributed by atoms with Crippen molar-refractivity contribution in [3.05, 3.63) is 75.4 Å². The summed E-state index contributed by atoms with van der Waals surface area (Å²) in [6.07, 6.45) is 3.16. The van der Waals surface area contributed by atoms with Crippen LogP contribution in [0.1, 0.15) is 39.5 Å². The maximum atomic E-state index is 12.3. The molecule has 1 saturated carbocycles. The number of nitrogens with one attached hydrogen (secondary N) is 2. The van der Waals surface area contributed by atoms with Gasteiger partial charge in [-0.05, 0) is 30.5 Å². The van der Waals surface area contributed by atoms with Gasteiger partial charge in [-0.2, -0.15) is 10.3 Å². The average Bonchev–Trinajstić information content (AvgIpc) is 3.25. The predicted molar refractivity (Wildman–Crippen MR) is 133 cm³/mol. The zero-order valence-corrected chi connectivity index (χ0v) is 20.2. The van der Waals surface area contributed by atoms with Gasteiger partial charge in [-0.25, -0.2) is 4.79 Å². The lowest BCUT2D eigenvalue weighted by Gasteiger charge is -2.07. The van der Waals surface area contributed by atoms with E-state index in [0.29, 0.717) is 11.4 Å². The van der Waals surface area contributed by atoms with Crippen LogP contribution >= 0.6 is 22.7 Å². The molecular formula is C24H19N7O2S2. The standard InChI is InChI=1S/C24H19N7O2S2/c1-31-21(26-23(32)33-14-15-5-3-2-4-6-15)16(13-25-31)7-8-17-11-18-19(34-17)12-20(35-18)24(9-10-24)22-27-29-30-28-22/h2-6,11-13H,9-10,14H2,1H3,(H,26,32)(H,27,28,29,30). The Balaban J connectivity index is 1.17. The third-order valence-electron chi connectivity index (χ3n) is 5.89. The van der Waals surface area contributed by atoms with Crippen LogP contribution in [0.15, 0.2) is 48.7 Å². The van der Waals surface area contributed by atoms with Gasteiger partial charge in [0.15, 0.2) is 5.82 Å². The Kier molecular flexibility index (Phi) is 5.32. The fraction of sp³-hybridized carbons (Fsp3) is 0.208. The molecule has 11 heteroatoms. The second kappa shape index (κ2) is 8.65. The number of hydrogen-bond acceptors (Lipinski definition) is 8. The Labute approximate surface area is 208 Å². The summed E-state index contributed by atoms with van der Waals surface area (Å²) in [5.41, 5.74) is 1.45. The lowest BCUT2D eigenvalue weighted by Crippen LogP contribution is -2.16. The molecule has 4 heterocycles. The SMILES string of the molecule is Cn1ncc(C#Cc2cc3sc(C4(c5nn[nH]n5)CC4)cc3s2)c1NC(=O)OCc1ccccc1. The fourth-order valence-electron chi connectivity index (χ4n) is 3.86. The summed E-state index contributed by atoms with van der Waals surface area (Å²) in [6.45, 7) is 0.188. The van der Waals surface area contributed by atoms with E-state index in [1.807, 2.05) is 30.3 Å². The summed E-state index contributed by atoms with van der Waals surface area (Å²) in [4.78, 5) is 14.5. The lowest BCUT2D eigenvalue weighted by molar-refractivity contribution is 0.155. The highest BCUT2D eigenvalue weighted by Gasteiger charge is 2.51. The van der Waals surface area contributed by atoms with Crippen LogP contribution in [-0.2, 0) is 23.8 Å². The minimum Gasteiger partial charge on any atom is -0.444 e. The normalized spacial score (nSPS) is 13.9. The number of anilines is 1. The van der Waals surface area contributed by atoms with E-state index in [1.54, 1.807) is 40.6 Å². The number of thiophene rings is 2. The number of ether oxygens (including phenoxy) is 1. The van der Waals surface area contributed by atoms with Gasteiger partial charge in [0, 0.05) is 21.3 Å². The zero-order valence-electron chi connectivity index (χ0n) is 18.6. The van der Waals surface area contributed by atoms with E-state index in [0.717, 1.165) is 29.1 Å². The number of amides is 1. The smallest absolute Gasteiger partial charge is 0.413 e. The van der Waals surface area contributed by atoms with Gasteiger partial charge in [0.25, 0.3) is 0 Å². The first kappa shape index (κ1) is 21.5. The van der Waals surface area contributed by atoms with E-state index >= 15 is 0 Å². The molecule has 5 aromatic rings. The third kappa shape index (κ3) is 4.18. The van der Waals surface area contributed by atoms with E-state index in [-0.39, 0.29) is 12.0 Å². The van der Waals surface area contributed by atoms with Crippen LogP contribution in [0, 0.1) is 11.8 Å². The molecule has 1 aliphatic rings. The minimum absolute atomic E-state index is 0.0896. The maximum absolute atomic E-state index is 12.3. The quantitative estimate of drug-likeness (QED) is 0.345. The van der Waals surface area contributed by atoms with Crippen LogP contribution < -0.4 is 5.32 Å². The first-order chi connectivity index (χ1) is 17.1. The predicted octanol–water partition coefficient (Wildman–Crippen LogP) is 4.44. The molecule has 0 spiro atoms. The molecule has 1 aliphatic carbocycles. The number of carbonyl (C=O) groups is 1. The van der Waals surface area contributed by atoms with Gasteiger partial charge in [-0.1, -0.05) is 47.4 Å². The molecule has 2 N–H and O–H groups in total. The van der Waals surface area contributed by atoms with Crippen molar-refractivity contribution in [2.75, 3.05) is 5.32 Å². The summed E-state index contributed by atoms with van der Waals surface area (Å²) in [5, 5.41) is 21.7. The zero-order chi connectivity index (χ0) is 23.8. The molecule has 0 unspecified atom stereocenters. The molecule has 174 valence electrons. The van der Waals surface area contributed by atoms with Crippen molar-refractivity contribution in [1.29, 1.82) is 0 Å². The summed E-state index contributed by atoms with van der Waals surface area (Å²) < 4.78 is 9.28. The molecule has 0 radical (unpaired) electrons. The highest BCUT2D eigenvalue weighted by molar-refractivity contribution is 7.28. The molecule has 9 nitrogen and oxygen atoms in total. The Bertz CT molecular complexity index is 1540. The minimum atomic E-state index is -0.555. The van der Waals surface area contributed by atoms with Crippen LogP contribution in [0.2, 0.25) is 0 Å². The monoisotopic (exact) mass is 501 g/mol. The Morgan fingerprint density at radius 3 is 2.77 bits per heavy atom. The van der Waals surface area contributed by atoms with Crippen LogP contribution in [0.5, 0.6) is 0 Å². The van der Waals surface area contributed by atoms with Gasteiger partial charge < -0.3 is 4.74 Å². The van der Waals surface area contributed by atoms with Crippen LogP contribution in [0.3, 0.4) is 0 Å². The van der Waals surface area contributed by atoms with Crippen molar-refractivity contribution in [1.82, 2.24) is 30.4 Å². The summed E-state index contributed by atoms with van der Waals surface area (Å²) in [5.74, 6) is 7.61. The first-order valence-corrected chi connectivity index (χ1v) is 12.5. The van der Waals surface area contributed by atoms with Crippen molar-refractivity contribution >= 4 is 44.0 Å². The number of hydrogen-bond donors (Lipinski definition) is 2. The molecule has 0 bridgehead atoms. The van der Waals surface area contributed by atoms with E-state index in [2.05, 4.69) is 55.0 Å². The van der Waals surface area contributed by atoms with E-state index in [4.69, 9.17) is 4.74 Å². The van der Waals surface area contributed by atoms with Crippen molar-refractivity contribution in [3.8, 4) is 11.8 Å². The molecule has 35 heavy (non-hydrogen) atoms. The van der Waals surface area contributed by atoms with Gasteiger partial charge in [0.1, 0.15) is 12.4 Å². The second-order valence-corrected chi connectivity index (χ2v) is 10.4. The molecule has 4 aromatic heterocycles. The van der Waals surface area contributed by atoms with Gasteiger partial charge in [0.05, 0.1) is 22.1 Å². The lowest BCUT2D eigenvalue weighted by atomic mass is 10.1. The van der Waals surface area contributed by atoms with Crippen molar-refractivity contribution < 1.29 is 9.53 Å². The van der Waals surface area contributed by atoms with Gasteiger partial charge in [0.2, 0.25) is 0 Å². The van der Waals surface area contributed by atoms with Crippen LogP contribution in [0.25, 0.3) is 9.40 Å². The number of aromatic nitrogens is 6. The van der Waals surface area contributed by atoms with Gasteiger partial charge in [-0.3, -0.25) is 10.00 Å². The Hall–Kier alpha value is -4.01. The largest absolute Gasteiger partial charge is 0.444 e. The van der Waals surface area contributed by atoms with E-state index in [1.165, 1.54) is 14.3 Å². The third-order valence-corrected chi connectivity index (χ3v) is 8.31. The second-order valence-electron chi connectivity index (χ2n) is 8.23. The molecule has 1 aromatic carbocycles. The van der Waals surface area contributed by atoms with Crippen molar-refractivity contribution in [3.63, 3.8) is 0 Å². The number of H-pyrrole nitrogens is 1. The number of tetrazole rings is 1. The highest BCUT2D eigenvalue weighted by Crippen LogP contribution is 2.55. The van der Waals surface area contributed by atoms with Crippen molar-refractivity contribution in [2.45, 2.75) is 24.9 Å². The van der Waals surface area contributed by atoms with E-state index in [9.17, 15) is 4.79 Å². The average molecular weight is 502 g/mol. The molecule has 1 amide bonds. The number of fused-ring (bicyclic) bond motifs is 1. The van der Waals surface area contributed by atoms with Crippen LogP contribution in [0.4, 0.5) is 10.6 Å². The Morgan fingerprint density at radius 2 is 2.03 bits per heavy atom. The molecule has 0 saturated heterocycles. The number of aromatic amines is 1. The molecule has 6 rings (SSSR count). The summed E-state index contributed by atoms with van der Waals surface area (Å²) >= 11 is 3.40. The highest BCUT2D eigenvalue weighted by atomic mass is 32.1.